The van der Waals surface area contributed by atoms with E-state index in [2.05, 4.69) is 30.0 Å². The van der Waals surface area contributed by atoms with Crippen LogP contribution in [0.4, 0.5) is 4.39 Å². The highest BCUT2D eigenvalue weighted by atomic mass is 31.2. The average molecular weight is 408 g/mol. The third-order valence-electron chi connectivity index (χ3n) is 4.11. The Balaban J connectivity index is 0.000000500. The second-order valence-corrected chi connectivity index (χ2v) is 7.08. The van der Waals surface area contributed by atoms with Crippen molar-refractivity contribution in [1.29, 1.82) is 0 Å². The average Bonchev–Trinajstić information content (AvgIpc) is 2.86. The first kappa shape index (κ1) is 21.8. The summed E-state index contributed by atoms with van der Waals surface area (Å²) in [5.74, 6) is 0.338. The second-order valence-electron chi connectivity index (χ2n) is 6.05. The van der Waals surface area contributed by atoms with Crippen LogP contribution in [0.5, 0.6) is 5.88 Å². The highest BCUT2D eigenvalue weighted by Crippen LogP contribution is 2.31. The van der Waals surface area contributed by atoms with Crippen molar-refractivity contribution in [2.75, 3.05) is 0 Å². The van der Waals surface area contributed by atoms with E-state index in [0.717, 1.165) is 16.5 Å². The third kappa shape index (κ3) is 5.74. The number of aryl methyl sites for hydroxylation is 1. The highest BCUT2D eigenvalue weighted by molar-refractivity contribution is 7.45. The molecule has 0 unspecified atom stereocenters. The first-order valence-corrected chi connectivity index (χ1v) is 9.89. The van der Waals surface area contributed by atoms with E-state index >= 15 is 0 Å². The van der Waals surface area contributed by atoms with Crippen LogP contribution in [0.2, 0.25) is 0 Å². The number of pyridine rings is 1. The number of benzene rings is 1. The van der Waals surface area contributed by atoms with Gasteiger partial charge in [0.2, 0.25) is 5.88 Å². The summed E-state index contributed by atoms with van der Waals surface area (Å²) in [6, 6.07) is 8.30. The Bertz CT molecular complexity index is 1000. The molecule has 0 saturated heterocycles. The molecule has 1 aromatic carbocycles. The molecule has 0 aliphatic rings. The predicted molar refractivity (Wildman–Crippen MR) is 104 cm³/mol. The number of phosphoric acid groups is 1. The van der Waals surface area contributed by atoms with Gasteiger partial charge in [0.15, 0.2) is 0 Å². The van der Waals surface area contributed by atoms with Crippen LogP contribution >= 0.6 is 7.82 Å². The smallest absolute Gasteiger partial charge is 0.466 e. The standard InChI is InChI=1S/C19H19FN2O.H3O4P/c1-4-11-22-14(3)13(2)17-9-10-21-19(18(17)22)23-12-15-5-7-16(20)8-6-15;1-5(2,3)4/h4-10H,1,11-12H2,2-3H3;(H3,1,2,3,4). The van der Waals surface area contributed by atoms with Crippen molar-refractivity contribution in [2.45, 2.75) is 27.0 Å². The fourth-order valence-electron chi connectivity index (χ4n) is 2.76. The van der Waals surface area contributed by atoms with Gasteiger partial charge < -0.3 is 24.0 Å². The van der Waals surface area contributed by atoms with Crippen molar-refractivity contribution >= 4 is 18.7 Å². The van der Waals surface area contributed by atoms with E-state index in [9.17, 15) is 4.39 Å². The van der Waals surface area contributed by atoms with Gasteiger partial charge in [-0.05, 0) is 43.2 Å². The van der Waals surface area contributed by atoms with Gasteiger partial charge in [0.05, 0.1) is 0 Å². The number of aromatic nitrogens is 2. The fourth-order valence-corrected chi connectivity index (χ4v) is 2.76. The molecule has 150 valence electrons. The lowest BCUT2D eigenvalue weighted by molar-refractivity contribution is 0.275. The van der Waals surface area contributed by atoms with Crippen LogP contribution in [-0.2, 0) is 17.7 Å². The molecule has 0 amide bonds. The zero-order chi connectivity index (χ0) is 20.9. The first-order valence-electron chi connectivity index (χ1n) is 8.32. The topological polar surface area (TPSA) is 105 Å². The van der Waals surface area contributed by atoms with Crippen molar-refractivity contribution in [3.63, 3.8) is 0 Å². The molecule has 9 heteroatoms. The minimum Gasteiger partial charge on any atom is -0.471 e. The van der Waals surface area contributed by atoms with Gasteiger partial charge in [-0.2, -0.15) is 0 Å². The Labute approximate surface area is 162 Å². The van der Waals surface area contributed by atoms with Gasteiger partial charge in [-0.3, -0.25) is 0 Å². The normalized spacial score (nSPS) is 11.1. The van der Waals surface area contributed by atoms with Gasteiger partial charge in [0.1, 0.15) is 17.9 Å². The minimum atomic E-state index is -4.64. The molecule has 28 heavy (non-hydrogen) atoms. The molecule has 0 aliphatic heterocycles. The summed E-state index contributed by atoms with van der Waals surface area (Å²) >= 11 is 0. The number of halogens is 1. The Morgan fingerprint density at radius 2 is 1.82 bits per heavy atom. The van der Waals surface area contributed by atoms with Crippen molar-refractivity contribution in [2.24, 2.45) is 0 Å². The molecule has 0 spiro atoms. The predicted octanol–water partition coefficient (Wildman–Crippen LogP) is 3.63. The summed E-state index contributed by atoms with van der Waals surface area (Å²) in [5.41, 5.74) is 4.28. The monoisotopic (exact) mass is 408 g/mol. The number of nitrogens with zero attached hydrogens (tertiary/aromatic N) is 2. The Morgan fingerprint density at radius 3 is 2.39 bits per heavy atom. The Hall–Kier alpha value is -2.51. The maximum absolute atomic E-state index is 13.0. The lowest BCUT2D eigenvalue weighted by Gasteiger charge is -2.10. The molecular weight excluding hydrogens is 386 g/mol. The van der Waals surface area contributed by atoms with Crippen LogP contribution in [0.15, 0.2) is 49.2 Å². The Morgan fingerprint density at radius 1 is 1.21 bits per heavy atom. The molecule has 0 saturated carbocycles. The van der Waals surface area contributed by atoms with Crippen LogP contribution < -0.4 is 4.74 Å². The lowest BCUT2D eigenvalue weighted by Crippen LogP contribution is -2.02. The molecule has 0 atom stereocenters. The van der Waals surface area contributed by atoms with Crippen molar-refractivity contribution in [3.8, 4) is 5.88 Å². The Kier molecular flexibility index (Phi) is 7.10. The fraction of sp³-hybridized carbons (Fsp3) is 0.211. The van der Waals surface area contributed by atoms with Crippen molar-refractivity contribution in [1.82, 2.24) is 9.55 Å². The van der Waals surface area contributed by atoms with E-state index in [4.69, 9.17) is 24.0 Å². The number of allylic oxidation sites excluding steroid dienone is 1. The van der Waals surface area contributed by atoms with Crippen LogP contribution in [0.3, 0.4) is 0 Å². The first-order chi connectivity index (χ1) is 13.1. The van der Waals surface area contributed by atoms with E-state index < -0.39 is 7.82 Å². The van der Waals surface area contributed by atoms with Crippen LogP contribution in [0.1, 0.15) is 16.8 Å². The number of hydrogen-bond acceptors (Lipinski definition) is 3. The van der Waals surface area contributed by atoms with Gasteiger partial charge in [0, 0.05) is 23.8 Å². The van der Waals surface area contributed by atoms with Crippen LogP contribution in [0.25, 0.3) is 10.9 Å². The van der Waals surface area contributed by atoms with E-state index in [1.54, 1.807) is 18.3 Å². The summed E-state index contributed by atoms with van der Waals surface area (Å²) < 4.78 is 29.9. The van der Waals surface area contributed by atoms with Gasteiger partial charge >= 0.3 is 7.82 Å². The molecule has 3 aromatic rings. The second kappa shape index (κ2) is 9.12. The molecule has 0 radical (unpaired) electrons. The van der Waals surface area contributed by atoms with E-state index in [1.165, 1.54) is 23.4 Å². The summed E-state index contributed by atoms with van der Waals surface area (Å²) in [5, 5.41) is 1.13. The van der Waals surface area contributed by atoms with E-state index in [-0.39, 0.29) is 5.82 Å². The molecule has 0 aliphatic carbocycles. The third-order valence-corrected chi connectivity index (χ3v) is 4.11. The molecule has 7 nitrogen and oxygen atoms in total. The van der Waals surface area contributed by atoms with Crippen LogP contribution in [-0.4, -0.2) is 24.2 Å². The quantitative estimate of drug-likeness (QED) is 0.440. The number of fused-ring (bicyclic) bond motifs is 1. The molecule has 2 aromatic heterocycles. The maximum Gasteiger partial charge on any atom is 0.466 e. The zero-order valence-corrected chi connectivity index (χ0v) is 16.4. The van der Waals surface area contributed by atoms with Crippen molar-refractivity contribution < 1.29 is 28.4 Å². The molecule has 0 fully saturated rings. The molecule has 0 bridgehead atoms. The summed E-state index contributed by atoms with van der Waals surface area (Å²) in [4.78, 5) is 25.9. The van der Waals surface area contributed by atoms with Gasteiger partial charge in [-0.1, -0.05) is 18.2 Å². The SMILES string of the molecule is C=CCn1c(C)c(C)c2ccnc(OCc3ccc(F)cc3)c21.O=P(O)(O)O. The minimum absolute atomic E-state index is 0.250. The lowest BCUT2D eigenvalue weighted by atomic mass is 10.2. The van der Waals surface area contributed by atoms with Gasteiger partial charge in [-0.15, -0.1) is 6.58 Å². The number of ether oxygens (including phenoxy) is 1. The number of rotatable bonds is 5. The highest BCUT2D eigenvalue weighted by Gasteiger charge is 2.15. The van der Waals surface area contributed by atoms with Gasteiger partial charge in [-0.25, -0.2) is 13.9 Å². The molecule has 3 N–H and O–H groups in total. The summed E-state index contributed by atoms with van der Waals surface area (Å²) in [7, 11) is -4.64. The van der Waals surface area contributed by atoms with Crippen molar-refractivity contribution in [3.05, 3.63) is 71.8 Å². The zero-order valence-electron chi connectivity index (χ0n) is 15.5. The molecular formula is C19H22FN2O5P. The summed E-state index contributed by atoms with van der Waals surface area (Å²) in [6.45, 7) is 9.07. The van der Waals surface area contributed by atoms with Gasteiger partial charge in [0.25, 0.3) is 0 Å². The largest absolute Gasteiger partial charge is 0.471 e. The number of hydrogen-bond donors (Lipinski definition) is 3. The van der Waals surface area contributed by atoms with E-state index in [0.29, 0.717) is 19.0 Å². The van der Waals surface area contributed by atoms with Crippen LogP contribution in [0, 0.1) is 19.7 Å². The molecule has 2 heterocycles. The summed E-state index contributed by atoms with van der Waals surface area (Å²) in [6.07, 6.45) is 3.62. The van der Waals surface area contributed by atoms with E-state index in [1.807, 2.05) is 12.1 Å². The molecule has 3 rings (SSSR count). The maximum atomic E-state index is 13.0.